The number of benzene rings is 1. The Bertz CT molecular complexity index is 1270. The number of carboxylic acid groups (broad SMARTS) is 1. The molecule has 0 spiro atoms. The van der Waals surface area contributed by atoms with E-state index in [1.807, 2.05) is 6.07 Å². The quantitative estimate of drug-likeness (QED) is 0.411. The second-order valence-electron chi connectivity index (χ2n) is 10.5. The van der Waals surface area contributed by atoms with E-state index in [1.165, 1.54) is 15.9 Å². The number of rotatable bonds is 9. The lowest BCUT2D eigenvalue weighted by Gasteiger charge is -2.35. The van der Waals surface area contributed by atoms with Crippen LogP contribution in [0, 0.1) is 5.41 Å². The minimum atomic E-state index is -1.16. The van der Waals surface area contributed by atoms with Crippen LogP contribution in [-0.2, 0) is 19.1 Å². The first-order chi connectivity index (χ1) is 19.4. The number of anilines is 1. The van der Waals surface area contributed by atoms with Crippen molar-refractivity contribution in [3.8, 4) is 11.4 Å². The summed E-state index contributed by atoms with van der Waals surface area (Å²) >= 11 is 0. The van der Waals surface area contributed by atoms with Gasteiger partial charge in [-0.3, -0.25) is 19.2 Å². The zero-order valence-electron chi connectivity index (χ0n) is 23.7. The topological polar surface area (TPSA) is 171 Å². The van der Waals surface area contributed by atoms with Gasteiger partial charge in [-0.2, -0.15) is 0 Å². The molecule has 4 amide bonds. The molecule has 1 aliphatic heterocycles. The highest BCUT2D eigenvalue weighted by Gasteiger charge is 2.31. The van der Waals surface area contributed by atoms with E-state index in [0.717, 1.165) is 0 Å². The van der Waals surface area contributed by atoms with E-state index in [9.17, 15) is 29.1 Å². The smallest absolute Gasteiger partial charge is 0.409 e. The Labute approximate surface area is 238 Å². The summed E-state index contributed by atoms with van der Waals surface area (Å²) in [7, 11) is 0. The molecule has 0 radical (unpaired) electrons. The molecule has 1 aliphatic rings. The first kappa shape index (κ1) is 31.0. The fourth-order valence-corrected chi connectivity index (χ4v) is 3.95. The van der Waals surface area contributed by atoms with Crippen molar-refractivity contribution < 1.29 is 33.8 Å². The van der Waals surface area contributed by atoms with E-state index < -0.39 is 35.3 Å². The second kappa shape index (κ2) is 13.7. The van der Waals surface area contributed by atoms with Crippen LogP contribution in [0.25, 0.3) is 11.4 Å². The number of piperazine rings is 1. The Morgan fingerprint density at radius 1 is 1.00 bits per heavy atom. The van der Waals surface area contributed by atoms with Crippen LogP contribution < -0.4 is 10.6 Å². The number of aromatic nitrogens is 2. The molecular formula is C28H36N6O7. The minimum absolute atomic E-state index is 0.104. The van der Waals surface area contributed by atoms with Crippen LogP contribution in [0.2, 0.25) is 0 Å². The van der Waals surface area contributed by atoms with E-state index in [1.54, 1.807) is 52.0 Å². The molecule has 2 aromatic rings. The number of carboxylic acids is 1. The molecular weight excluding hydrogens is 532 g/mol. The highest BCUT2D eigenvalue weighted by Crippen LogP contribution is 2.21. The van der Waals surface area contributed by atoms with Crippen molar-refractivity contribution in [3.05, 3.63) is 42.1 Å². The van der Waals surface area contributed by atoms with Crippen molar-refractivity contribution >= 4 is 35.6 Å². The Balaban J connectivity index is 1.84. The van der Waals surface area contributed by atoms with Gasteiger partial charge in [-0.05, 0) is 13.3 Å². The average Bonchev–Trinajstić information content (AvgIpc) is 2.94. The predicted octanol–water partition coefficient (Wildman–Crippen LogP) is 2.39. The first-order valence-corrected chi connectivity index (χ1v) is 13.4. The molecule has 0 saturated carbocycles. The number of hydrogen-bond acceptors (Lipinski definition) is 8. The molecule has 1 aromatic carbocycles. The summed E-state index contributed by atoms with van der Waals surface area (Å²) < 4.78 is 5.01. The molecule has 1 unspecified atom stereocenters. The van der Waals surface area contributed by atoms with E-state index in [4.69, 9.17) is 4.74 Å². The van der Waals surface area contributed by atoms with Crippen molar-refractivity contribution in [3.63, 3.8) is 0 Å². The minimum Gasteiger partial charge on any atom is -0.481 e. The third-order valence-electron chi connectivity index (χ3n) is 6.28. The van der Waals surface area contributed by atoms with Gasteiger partial charge in [0.2, 0.25) is 11.8 Å². The molecule has 0 aliphatic carbocycles. The summed E-state index contributed by atoms with van der Waals surface area (Å²) in [6.45, 7) is 8.03. The molecule has 1 aromatic heterocycles. The normalized spacial score (nSPS) is 14.1. The van der Waals surface area contributed by atoms with Crippen LogP contribution in [0.15, 0.2) is 36.4 Å². The second-order valence-corrected chi connectivity index (χ2v) is 10.5. The van der Waals surface area contributed by atoms with E-state index >= 15 is 0 Å². The highest BCUT2D eigenvalue weighted by molar-refractivity contribution is 5.99. The summed E-state index contributed by atoms with van der Waals surface area (Å²) in [5.74, 6) is -2.35. The van der Waals surface area contributed by atoms with Crippen molar-refractivity contribution in [1.82, 2.24) is 25.1 Å². The summed E-state index contributed by atoms with van der Waals surface area (Å²) in [6.07, 6.45) is -0.976. The number of aliphatic carboxylic acids is 1. The van der Waals surface area contributed by atoms with Crippen LogP contribution in [0.4, 0.5) is 10.6 Å². The van der Waals surface area contributed by atoms with E-state index in [-0.39, 0.29) is 68.9 Å². The van der Waals surface area contributed by atoms with Gasteiger partial charge in [0.25, 0.3) is 5.91 Å². The van der Waals surface area contributed by atoms with Crippen LogP contribution >= 0.6 is 0 Å². The Hall–Kier alpha value is -4.55. The van der Waals surface area contributed by atoms with E-state index in [0.29, 0.717) is 5.56 Å². The zero-order valence-corrected chi connectivity index (χ0v) is 23.7. The Kier molecular flexibility index (Phi) is 10.3. The standard InChI is InChI=1S/C28H36N6O7/c1-5-41-27(40)34-15-13-33(14-16-34)25(38)19(11-12-22(35)36)30-24(37)20-17-21(32-26(39)28(2,3)4)31-23(29-20)18-9-7-6-8-10-18/h6-10,17,19H,5,11-16H2,1-4H3,(H,30,37)(H,35,36)(H,29,31,32,39). The molecule has 3 N–H and O–H groups in total. The van der Waals surface area contributed by atoms with Gasteiger partial charge < -0.3 is 30.3 Å². The van der Waals surface area contributed by atoms with Crippen LogP contribution in [0.3, 0.4) is 0 Å². The molecule has 13 heteroatoms. The van der Waals surface area contributed by atoms with Crippen molar-refractivity contribution in [2.45, 2.75) is 46.6 Å². The third kappa shape index (κ3) is 8.72. The van der Waals surface area contributed by atoms with Crippen LogP contribution in [0.5, 0.6) is 0 Å². The third-order valence-corrected chi connectivity index (χ3v) is 6.28. The zero-order chi connectivity index (χ0) is 30.2. The molecule has 220 valence electrons. The van der Waals surface area contributed by atoms with Crippen molar-refractivity contribution in [1.29, 1.82) is 0 Å². The van der Waals surface area contributed by atoms with Gasteiger partial charge in [-0.25, -0.2) is 14.8 Å². The largest absolute Gasteiger partial charge is 0.481 e. The highest BCUT2D eigenvalue weighted by atomic mass is 16.6. The molecule has 0 bridgehead atoms. The number of carbonyl (C=O) groups excluding carboxylic acids is 4. The predicted molar refractivity (Wildman–Crippen MR) is 149 cm³/mol. The summed E-state index contributed by atoms with van der Waals surface area (Å²) in [4.78, 5) is 74.5. The Morgan fingerprint density at radius 3 is 2.22 bits per heavy atom. The molecule has 1 atom stereocenters. The summed E-state index contributed by atoms with van der Waals surface area (Å²) in [6, 6.07) is 9.02. The molecule has 41 heavy (non-hydrogen) atoms. The summed E-state index contributed by atoms with van der Waals surface area (Å²) in [5, 5.41) is 14.6. The monoisotopic (exact) mass is 568 g/mol. The molecule has 1 saturated heterocycles. The Morgan fingerprint density at radius 2 is 1.63 bits per heavy atom. The van der Waals surface area contributed by atoms with Gasteiger partial charge in [0, 0.05) is 49.6 Å². The van der Waals surface area contributed by atoms with Crippen molar-refractivity contribution in [2.75, 3.05) is 38.1 Å². The van der Waals surface area contributed by atoms with Crippen molar-refractivity contribution in [2.24, 2.45) is 5.41 Å². The lowest BCUT2D eigenvalue weighted by molar-refractivity contribution is -0.138. The molecule has 13 nitrogen and oxygen atoms in total. The number of nitrogens with zero attached hydrogens (tertiary/aromatic N) is 4. The number of hydrogen-bond donors (Lipinski definition) is 3. The van der Waals surface area contributed by atoms with Gasteiger partial charge in [0.05, 0.1) is 6.61 Å². The van der Waals surface area contributed by atoms with Gasteiger partial charge in [-0.1, -0.05) is 51.1 Å². The maximum Gasteiger partial charge on any atom is 0.409 e. The number of nitrogens with one attached hydrogen (secondary N) is 2. The van der Waals surface area contributed by atoms with Crippen LogP contribution in [0.1, 0.15) is 51.0 Å². The maximum absolute atomic E-state index is 13.4. The van der Waals surface area contributed by atoms with Gasteiger partial charge >= 0.3 is 12.1 Å². The van der Waals surface area contributed by atoms with Gasteiger partial charge in [0.15, 0.2) is 5.82 Å². The average molecular weight is 569 g/mol. The number of carbonyl (C=O) groups is 5. The van der Waals surface area contributed by atoms with Gasteiger partial charge in [-0.15, -0.1) is 0 Å². The fraction of sp³-hybridized carbons (Fsp3) is 0.464. The SMILES string of the molecule is CCOC(=O)N1CCN(C(=O)C(CCC(=O)O)NC(=O)c2cc(NC(=O)C(C)(C)C)nc(-c3ccccc3)n2)CC1. The number of amides is 4. The lowest BCUT2D eigenvalue weighted by Crippen LogP contribution is -2.56. The van der Waals surface area contributed by atoms with Crippen LogP contribution in [-0.4, -0.2) is 93.5 Å². The van der Waals surface area contributed by atoms with E-state index in [2.05, 4.69) is 20.6 Å². The first-order valence-electron chi connectivity index (χ1n) is 13.4. The lowest BCUT2D eigenvalue weighted by atomic mass is 9.96. The summed E-state index contributed by atoms with van der Waals surface area (Å²) in [5.41, 5.74) is -0.235. The molecule has 2 heterocycles. The fourth-order valence-electron chi connectivity index (χ4n) is 3.95. The van der Waals surface area contributed by atoms with Gasteiger partial charge in [0.1, 0.15) is 17.6 Å². The molecule has 3 rings (SSSR count). The molecule has 1 fully saturated rings. The number of ether oxygens (including phenoxy) is 1. The maximum atomic E-state index is 13.4.